The van der Waals surface area contributed by atoms with Gasteiger partial charge in [-0.15, -0.1) is 0 Å². The van der Waals surface area contributed by atoms with Crippen LogP contribution in [-0.4, -0.2) is 37.9 Å². The number of unbranched alkanes of at least 4 members (excludes halogenated alkanes) is 33. The Morgan fingerprint density at radius 2 is 0.643 bits per heavy atom. The fourth-order valence-electron chi connectivity index (χ4n) is 8.77. The zero-order valence-corrected chi connectivity index (χ0v) is 46.8. The fourth-order valence-corrected chi connectivity index (χ4v) is 8.77. The van der Waals surface area contributed by atoms with E-state index in [-0.39, 0.29) is 25.2 Å². The number of esters is 2. The Bertz CT molecular complexity index is 1240. The lowest BCUT2D eigenvalue weighted by Crippen LogP contribution is -2.30. The van der Waals surface area contributed by atoms with Gasteiger partial charge in [-0.05, 0) is 57.8 Å². The second-order valence-corrected chi connectivity index (χ2v) is 20.2. The lowest BCUT2D eigenvalue weighted by molar-refractivity contribution is -0.162. The number of hydrogen-bond donors (Lipinski definition) is 0. The smallest absolute Gasteiger partial charge is 0.306 e. The molecule has 0 saturated heterocycles. The van der Waals surface area contributed by atoms with Crippen LogP contribution in [0.2, 0.25) is 0 Å². The molecular weight excluding hydrogens is 861 g/mol. The summed E-state index contributed by atoms with van der Waals surface area (Å²) in [4.78, 5) is 25.5. The molecule has 0 aliphatic rings. The first-order chi connectivity index (χ1) is 34.6. The fraction of sp³-hybridized carbons (Fsp3) is 0.785. The molecule has 1 atom stereocenters. The largest absolute Gasteiger partial charge is 0.462 e. The molecule has 1 unspecified atom stereocenters. The molecule has 0 bridgehead atoms. The van der Waals surface area contributed by atoms with Crippen LogP contribution in [0.5, 0.6) is 0 Å². The third kappa shape index (κ3) is 57.9. The summed E-state index contributed by atoms with van der Waals surface area (Å²) >= 11 is 0. The highest BCUT2D eigenvalue weighted by molar-refractivity contribution is 5.70. The molecule has 406 valence electrons. The van der Waals surface area contributed by atoms with Crippen molar-refractivity contribution in [2.45, 2.75) is 309 Å². The zero-order valence-electron chi connectivity index (χ0n) is 46.8. The van der Waals surface area contributed by atoms with Crippen LogP contribution < -0.4 is 0 Å². The first-order valence-corrected chi connectivity index (χ1v) is 30.5. The summed E-state index contributed by atoms with van der Waals surface area (Å²) in [7, 11) is 0. The average molecular weight is 978 g/mol. The third-order valence-electron chi connectivity index (χ3n) is 13.3. The van der Waals surface area contributed by atoms with Gasteiger partial charge in [0.1, 0.15) is 6.61 Å². The molecule has 5 nitrogen and oxygen atoms in total. The van der Waals surface area contributed by atoms with Gasteiger partial charge in [0, 0.05) is 19.4 Å². The van der Waals surface area contributed by atoms with Crippen molar-refractivity contribution in [2.24, 2.45) is 0 Å². The summed E-state index contributed by atoms with van der Waals surface area (Å²) < 4.78 is 17.5. The Kier molecular flexibility index (Phi) is 58.3. The maximum Gasteiger partial charge on any atom is 0.306 e. The van der Waals surface area contributed by atoms with Crippen LogP contribution in [0.4, 0.5) is 0 Å². The minimum absolute atomic E-state index is 0.0481. The summed E-state index contributed by atoms with van der Waals surface area (Å²) in [6.45, 7) is 7.69. The van der Waals surface area contributed by atoms with E-state index in [1.165, 1.54) is 199 Å². The quantitative estimate of drug-likeness (QED) is 0.0345. The van der Waals surface area contributed by atoms with Crippen LogP contribution >= 0.6 is 0 Å². The van der Waals surface area contributed by atoms with E-state index in [9.17, 15) is 9.59 Å². The highest BCUT2D eigenvalue weighted by Gasteiger charge is 2.17. The molecule has 0 aliphatic heterocycles. The van der Waals surface area contributed by atoms with Gasteiger partial charge >= 0.3 is 11.9 Å². The highest BCUT2D eigenvalue weighted by atomic mass is 16.6. The van der Waals surface area contributed by atoms with Crippen LogP contribution in [-0.2, 0) is 23.8 Å². The number of carbonyl (C=O) groups excluding carboxylic acids is 2. The lowest BCUT2D eigenvalue weighted by atomic mass is 10.0. The van der Waals surface area contributed by atoms with Crippen LogP contribution in [0.1, 0.15) is 303 Å². The van der Waals surface area contributed by atoms with E-state index in [2.05, 4.69) is 87.6 Å². The van der Waals surface area contributed by atoms with Crippen LogP contribution in [0.3, 0.4) is 0 Å². The molecule has 0 aliphatic carbocycles. The Labute approximate surface area is 436 Å². The first-order valence-electron chi connectivity index (χ1n) is 30.5. The van der Waals surface area contributed by atoms with Gasteiger partial charge in [0.2, 0.25) is 0 Å². The number of ether oxygens (including phenoxy) is 3. The zero-order chi connectivity index (χ0) is 50.6. The van der Waals surface area contributed by atoms with E-state index in [1.54, 1.807) is 0 Å². The molecule has 0 radical (unpaired) electrons. The molecular formula is C65H116O5. The second kappa shape index (κ2) is 60.6. The maximum atomic E-state index is 12.9. The van der Waals surface area contributed by atoms with Crippen molar-refractivity contribution >= 4 is 11.9 Å². The number of carbonyl (C=O) groups is 2. The molecule has 0 rings (SSSR count). The number of hydrogen-bond acceptors (Lipinski definition) is 5. The standard InChI is InChI=1S/C65H116O5/c1-4-7-10-13-16-19-22-25-28-30-32-34-36-39-42-45-48-51-54-57-60-68-61-63(70-65(67)59-56-53-50-47-44-41-37-27-24-21-18-15-12-9-6-3)62-69-64(66)58-55-52-49-46-43-40-38-35-33-31-29-26-23-20-17-14-11-8-5-2/h8,11,17,20,26,29,33,35,40,43,49,52,63H,4-7,9-10,12-16,18-19,21-25,27-28,30-32,34,36-39,41-42,44-48,50-51,53-62H2,1-3H3/b11-8-,20-17-,29-26-,35-33-,43-40-,52-49-. The number of rotatable bonds is 56. The second-order valence-electron chi connectivity index (χ2n) is 20.2. The summed E-state index contributed by atoms with van der Waals surface area (Å²) in [5, 5.41) is 0. The van der Waals surface area contributed by atoms with Crippen molar-refractivity contribution in [3.63, 3.8) is 0 Å². The molecule has 5 heteroatoms. The van der Waals surface area contributed by atoms with Crippen molar-refractivity contribution in [3.8, 4) is 0 Å². The summed E-state index contributed by atoms with van der Waals surface area (Å²) in [5.41, 5.74) is 0. The predicted octanol–water partition coefficient (Wildman–Crippen LogP) is 21.0. The van der Waals surface area contributed by atoms with Crippen molar-refractivity contribution in [1.82, 2.24) is 0 Å². The van der Waals surface area contributed by atoms with Gasteiger partial charge in [0.15, 0.2) is 6.10 Å². The Morgan fingerprint density at radius 1 is 0.329 bits per heavy atom. The van der Waals surface area contributed by atoms with E-state index in [1.807, 2.05) is 6.08 Å². The van der Waals surface area contributed by atoms with Crippen molar-refractivity contribution < 1.29 is 23.8 Å². The molecule has 0 heterocycles. The van der Waals surface area contributed by atoms with Gasteiger partial charge in [-0.1, -0.05) is 306 Å². The Balaban J connectivity index is 4.33. The molecule has 0 spiro atoms. The van der Waals surface area contributed by atoms with Crippen LogP contribution in [0.15, 0.2) is 72.9 Å². The van der Waals surface area contributed by atoms with Gasteiger partial charge < -0.3 is 14.2 Å². The van der Waals surface area contributed by atoms with E-state index in [0.717, 1.165) is 64.2 Å². The lowest BCUT2D eigenvalue weighted by Gasteiger charge is -2.18. The predicted molar refractivity (Wildman–Crippen MR) is 307 cm³/mol. The molecule has 0 amide bonds. The molecule has 0 fully saturated rings. The molecule has 0 N–H and O–H groups in total. The minimum Gasteiger partial charge on any atom is -0.462 e. The Hall–Kier alpha value is -2.66. The molecule has 0 aromatic heterocycles. The normalized spacial score (nSPS) is 12.7. The third-order valence-corrected chi connectivity index (χ3v) is 13.3. The van der Waals surface area contributed by atoms with Crippen molar-refractivity contribution in [1.29, 1.82) is 0 Å². The summed E-state index contributed by atoms with van der Waals surface area (Å²) in [6.07, 6.45) is 79.5. The summed E-state index contributed by atoms with van der Waals surface area (Å²) in [6, 6.07) is 0. The van der Waals surface area contributed by atoms with Gasteiger partial charge in [0.05, 0.1) is 6.61 Å². The maximum absolute atomic E-state index is 12.9. The highest BCUT2D eigenvalue weighted by Crippen LogP contribution is 2.17. The van der Waals surface area contributed by atoms with Gasteiger partial charge in [-0.25, -0.2) is 0 Å². The van der Waals surface area contributed by atoms with Gasteiger partial charge in [0.25, 0.3) is 0 Å². The van der Waals surface area contributed by atoms with E-state index >= 15 is 0 Å². The molecule has 0 aromatic carbocycles. The van der Waals surface area contributed by atoms with Gasteiger partial charge in [-0.2, -0.15) is 0 Å². The Morgan fingerprint density at radius 3 is 1.00 bits per heavy atom. The average Bonchev–Trinajstić information content (AvgIpc) is 3.36. The van der Waals surface area contributed by atoms with E-state index in [4.69, 9.17) is 14.2 Å². The van der Waals surface area contributed by atoms with Crippen molar-refractivity contribution in [2.75, 3.05) is 19.8 Å². The van der Waals surface area contributed by atoms with E-state index < -0.39 is 6.10 Å². The monoisotopic (exact) mass is 977 g/mol. The van der Waals surface area contributed by atoms with Gasteiger partial charge in [-0.3, -0.25) is 9.59 Å². The van der Waals surface area contributed by atoms with Crippen LogP contribution in [0.25, 0.3) is 0 Å². The van der Waals surface area contributed by atoms with Crippen LogP contribution in [0, 0.1) is 0 Å². The van der Waals surface area contributed by atoms with Crippen molar-refractivity contribution in [3.05, 3.63) is 72.9 Å². The first kappa shape index (κ1) is 67.3. The molecule has 0 aromatic rings. The number of allylic oxidation sites excluding steroid dienone is 12. The topological polar surface area (TPSA) is 61.8 Å². The molecule has 70 heavy (non-hydrogen) atoms. The summed E-state index contributed by atoms with van der Waals surface area (Å²) in [5.74, 6) is -0.479. The molecule has 0 saturated carbocycles. The van der Waals surface area contributed by atoms with E-state index in [0.29, 0.717) is 25.9 Å². The minimum atomic E-state index is -0.566. The SMILES string of the molecule is CC/C=C\C/C=C\C/C=C\C/C=C\C/C=C\C/C=C\CCC(=O)OCC(COCCCCCCCCCCCCCCCCCCCCCC)OC(=O)CCCCCCCCCCCCCCCCC.